The number of benzene rings is 3. The number of nitrogens with zero attached hydrogens (tertiary/aromatic N) is 2. The van der Waals surface area contributed by atoms with Gasteiger partial charge in [-0.05, 0) is 36.8 Å². The van der Waals surface area contributed by atoms with Crippen molar-refractivity contribution >= 4 is 46.6 Å². The van der Waals surface area contributed by atoms with Gasteiger partial charge in [0.15, 0.2) is 0 Å². The second-order valence-electron chi connectivity index (χ2n) is 7.85. The van der Waals surface area contributed by atoms with Crippen LogP contribution in [0.25, 0.3) is 22.4 Å². The first-order valence-electron chi connectivity index (χ1n) is 10.9. The first-order chi connectivity index (χ1) is 16.9. The molecule has 0 aliphatic heterocycles. The van der Waals surface area contributed by atoms with Gasteiger partial charge in [-0.15, -0.1) is 11.8 Å². The molecule has 1 N–H and O–H groups in total. The minimum atomic E-state index is -0.196. The van der Waals surface area contributed by atoms with Crippen LogP contribution in [0.5, 0.6) is 0 Å². The van der Waals surface area contributed by atoms with Crippen molar-refractivity contribution < 1.29 is 4.79 Å². The molecule has 0 radical (unpaired) electrons. The number of carbonyl (C=O) groups excluding carboxylic acids is 1. The Morgan fingerprint density at radius 3 is 2.46 bits per heavy atom. The molecule has 4 aromatic rings. The average Bonchev–Trinajstić information content (AvgIpc) is 2.87. The fourth-order valence-corrected chi connectivity index (χ4v) is 4.78. The Bertz CT molecular complexity index is 1400. The van der Waals surface area contributed by atoms with Crippen molar-refractivity contribution in [2.75, 3.05) is 11.1 Å². The molecule has 0 atom stereocenters. The van der Waals surface area contributed by atoms with Gasteiger partial charge in [-0.25, -0.2) is 4.98 Å². The smallest absolute Gasteiger partial charge is 0.225 e. The highest BCUT2D eigenvalue weighted by atomic mass is 35.5. The highest BCUT2D eigenvalue weighted by molar-refractivity contribution is 7.99. The summed E-state index contributed by atoms with van der Waals surface area (Å²) in [5, 5.41) is 14.3. The van der Waals surface area contributed by atoms with Crippen molar-refractivity contribution in [1.82, 2.24) is 4.98 Å². The zero-order valence-electron chi connectivity index (χ0n) is 18.9. The number of anilines is 1. The van der Waals surface area contributed by atoms with Crippen LogP contribution in [0.1, 0.15) is 17.5 Å². The molecule has 0 unspecified atom stereocenters. The molecule has 0 aliphatic rings. The number of nitrogens with one attached hydrogen (secondary N) is 1. The summed E-state index contributed by atoms with van der Waals surface area (Å²) in [6, 6.07) is 27.1. The van der Waals surface area contributed by atoms with E-state index in [0.29, 0.717) is 32.1 Å². The zero-order valence-corrected chi connectivity index (χ0v) is 21.2. The quantitative estimate of drug-likeness (QED) is 0.252. The number of nitriles is 1. The molecule has 4 rings (SSSR count). The molecule has 3 aromatic carbocycles. The van der Waals surface area contributed by atoms with E-state index in [2.05, 4.69) is 11.4 Å². The molecule has 0 bridgehead atoms. The normalized spacial score (nSPS) is 10.6. The lowest BCUT2D eigenvalue weighted by atomic mass is 9.98. The van der Waals surface area contributed by atoms with Gasteiger partial charge >= 0.3 is 0 Å². The maximum absolute atomic E-state index is 12.5. The summed E-state index contributed by atoms with van der Waals surface area (Å²) in [7, 11) is 0. The summed E-state index contributed by atoms with van der Waals surface area (Å²) in [6.45, 7) is 2.03. The van der Waals surface area contributed by atoms with Crippen LogP contribution in [0, 0.1) is 18.3 Å². The Labute approximate surface area is 218 Å². The van der Waals surface area contributed by atoms with Gasteiger partial charge in [-0.1, -0.05) is 83.4 Å². The SMILES string of the molecule is Cc1ccc(-c2cc(-c3ccccc3)nc(SCCC(=O)Nc3cc(Cl)ccc3Cl)c2C#N)cc1. The molecule has 1 heterocycles. The Kier molecular flexibility index (Phi) is 8.09. The van der Waals surface area contributed by atoms with E-state index in [9.17, 15) is 10.1 Å². The molecule has 7 heteroatoms. The molecule has 4 nitrogen and oxygen atoms in total. The van der Waals surface area contributed by atoms with Crippen LogP contribution in [0.15, 0.2) is 83.9 Å². The van der Waals surface area contributed by atoms with Gasteiger partial charge < -0.3 is 5.32 Å². The van der Waals surface area contributed by atoms with E-state index >= 15 is 0 Å². The molecule has 35 heavy (non-hydrogen) atoms. The number of rotatable bonds is 7. The second-order valence-corrected chi connectivity index (χ2v) is 9.78. The van der Waals surface area contributed by atoms with Crippen molar-refractivity contribution in [3.63, 3.8) is 0 Å². The van der Waals surface area contributed by atoms with Crippen molar-refractivity contribution in [1.29, 1.82) is 5.26 Å². The third kappa shape index (κ3) is 6.23. The lowest BCUT2D eigenvalue weighted by Crippen LogP contribution is -2.12. The van der Waals surface area contributed by atoms with Crippen LogP contribution in [0.4, 0.5) is 5.69 Å². The minimum absolute atomic E-state index is 0.196. The van der Waals surface area contributed by atoms with Crippen molar-refractivity contribution in [2.45, 2.75) is 18.4 Å². The maximum atomic E-state index is 12.5. The van der Waals surface area contributed by atoms with Crippen LogP contribution >= 0.6 is 35.0 Å². The highest BCUT2D eigenvalue weighted by Gasteiger charge is 2.16. The van der Waals surface area contributed by atoms with Gasteiger partial charge in [-0.3, -0.25) is 4.79 Å². The number of carbonyl (C=O) groups is 1. The average molecular weight is 518 g/mol. The summed E-state index contributed by atoms with van der Waals surface area (Å²) < 4.78 is 0. The first-order valence-corrected chi connectivity index (χ1v) is 12.6. The number of amides is 1. The summed E-state index contributed by atoms with van der Waals surface area (Å²) in [5.74, 6) is 0.246. The van der Waals surface area contributed by atoms with E-state index in [1.807, 2.05) is 67.6 Å². The predicted molar refractivity (Wildman–Crippen MR) is 145 cm³/mol. The minimum Gasteiger partial charge on any atom is -0.325 e. The molecule has 174 valence electrons. The largest absolute Gasteiger partial charge is 0.325 e. The van der Waals surface area contributed by atoms with E-state index < -0.39 is 0 Å². The summed E-state index contributed by atoms with van der Waals surface area (Å²) in [6.07, 6.45) is 0.218. The third-order valence-electron chi connectivity index (χ3n) is 5.30. The van der Waals surface area contributed by atoms with E-state index in [1.165, 1.54) is 11.8 Å². The van der Waals surface area contributed by atoms with Gasteiger partial charge in [-0.2, -0.15) is 5.26 Å². The first kappa shape index (κ1) is 24.8. The van der Waals surface area contributed by atoms with Gasteiger partial charge in [0.2, 0.25) is 5.91 Å². The lowest BCUT2D eigenvalue weighted by molar-refractivity contribution is -0.115. The number of pyridine rings is 1. The van der Waals surface area contributed by atoms with Crippen LogP contribution in [-0.4, -0.2) is 16.6 Å². The van der Waals surface area contributed by atoms with Gasteiger partial charge in [0.05, 0.1) is 22.0 Å². The molecule has 0 spiro atoms. The lowest BCUT2D eigenvalue weighted by Gasteiger charge is -2.13. The molecule has 1 amide bonds. The third-order valence-corrected chi connectivity index (χ3v) is 6.84. The number of hydrogen-bond acceptors (Lipinski definition) is 4. The predicted octanol–water partition coefficient (Wildman–Crippen LogP) is 8.02. The summed E-state index contributed by atoms with van der Waals surface area (Å²) in [5.41, 5.74) is 5.61. The van der Waals surface area contributed by atoms with Gasteiger partial charge in [0.1, 0.15) is 11.1 Å². The fraction of sp³-hybridized carbons (Fsp3) is 0.107. The van der Waals surface area contributed by atoms with Gasteiger partial charge in [0.25, 0.3) is 0 Å². The zero-order chi connectivity index (χ0) is 24.8. The Hall–Kier alpha value is -3.30. The monoisotopic (exact) mass is 517 g/mol. The Balaban J connectivity index is 1.60. The van der Waals surface area contributed by atoms with Crippen LogP contribution < -0.4 is 5.32 Å². The van der Waals surface area contributed by atoms with Crippen molar-refractivity contribution in [3.05, 3.63) is 100 Å². The molecule has 0 saturated carbocycles. The standard InChI is InChI=1S/C28H21Cl2N3OS/c1-18-7-9-19(10-8-18)22-16-25(20-5-3-2-4-6-20)33-28(23(22)17-31)35-14-13-27(34)32-26-15-21(29)11-12-24(26)30/h2-12,15-16H,13-14H2,1H3,(H,32,34). The Morgan fingerprint density at radius 1 is 1.00 bits per heavy atom. The van der Waals surface area contributed by atoms with E-state index in [0.717, 1.165) is 27.9 Å². The molecule has 0 aliphatic carbocycles. The second kappa shape index (κ2) is 11.4. The maximum Gasteiger partial charge on any atom is 0.225 e. The number of hydrogen-bond donors (Lipinski definition) is 1. The molecule has 0 saturated heterocycles. The van der Waals surface area contributed by atoms with Crippen molar-refractivity contribution in [2.24, 2.45) is 0 Å². The number of thioether (sulfide) groups is 1. The van der Waals surface area contributed by atoms with E-state index in [-0.39, 0.29) is 12.3 Å². The van der Waals surface area contributed by atoms with Crippen LogP contribution in [-0.2, 0) is 4.79 Å². The molecular formula is C28H21Cl2N3OS. The van der Waals surface area contributed by atoms with Crippen molar-refractivity contribution in [3.8, 4) is 28.5 Å². The van der Waals surface area contributed by atoms with E-state index in [4.69, 9.17) is 28.2 Å². The summed E-state index contributed by atoms with van der Waals surface area (Å²) in [4.78, 5) is 17.3. The van der Waals surface area contributed by atoms with Gasteiger partial charge in [0, 0.05) is 28.3 Å². The van der Waals surface area contributed by atoms with Crippen LogP contribution in [0.2, 0.25) is 10.0 Å². The molecule has 0 fully saturated rings. The summed E-state index contributed by atoms with van der Waals surface area (Å²) >= 11 is 13.5. The number of aryl methyl sites for hydroxylation is 1. The molecular weight excluding hydrogens is 497 g/mol. The number of halogens is 2. The fourth-order valence-electron chi connectivity index (χ4n) is 3.50. The molecule has 1 aromatic heterocycles. The highest BCUT2D eigenvalue weighted by Crippen LogP contribution is 2.34. The Morgan fingerprint density at radius 2 is 1.74 bits per heavy atom. The number of aromatic nitrogens is 1. The van der Waals surface area contributed by atoms with E-state index in [1.54, 1.807) is 18.2 Å². The topological polar surface area (TPSA) is 65.8 Å². The van der Waals surface area contributed by atoms with Crippen LogP contribution in [0.3, 0.4) is 0 Å².